The quantitative estimate of drug-likeness (QED) is 0.173. The molecule has 0 aromatic heterocycles. The summed E-state index contributed by atoms with van der Waals surface area (Å²) >= 11 is 0. The van der Waals surface area contributed by atoms with Crippen molar-refractivity contribution in [2.45, 2.75) is 169 Å². The highest BCUT2D eigenvalue weighted by atomic mass is 16.5. The van der Waals surface area contributed by atoms with Crippen molar-refractivity contribution in [1.82, 2.24) is 0 Å². The Kier molecular flexibility index (Phi) is 14.7. The maximum atomic E-state index is 6.79. The van der Waals surface area contributed by atoms with Crippen molar-refractivity contribution in [2.75, 3.05) is 6.61 Å². The van der Waals surface area contributed by atoms with Crippen LogP contribution in [0.3, 0.4) is 0 Å². The van der Waals surface area contributed by atoms with Crippen molar-refractivity contribution in [3.8, 4) is 0 Å². The van der Waals surface area contributed by atoms with Gasteiger partial charge in [-0.15, -0.1) is 0 Å². The predicted octanol–water partition coefficient (Wildman–Crippen LogP) is 10.8. The fraction of sp³-hybridized carbons (Fsp3) is 1.00. The van der Waals surface area contributed by atoms with Gasteiger partial charge in [0.1, 0.15) is 0 Å². The lowest BCUT2D eigenvalue weighted by Crippen LogP contribution is -2.32. The third kappa shape index (κ3) is 10.6. The Morgan fingerprint density at radius 1 is 0.788 bits per heavy atom. The van der Waals surface area contributed by atoms with Crippen LogP contribution in [0.25, 0.3) is 0 Å². The first kappa shape index (κ1) is 29.2. The van der Waals surface area contributed by atoms with Crippen LogP contribution >= 0.6 is 0 Å². The standard InChI is InChI=1S/C32H62O/c1-6-9-11-13-14-18-24-33-31(25-29-22-21-28-19-15-16-20-30(28)29)27(4)26-32(5,8-3)23-17-12-10-7-2/h27-31H,6-26H2,1-5H3/t27-,28?,29?,30?,31?,32-/m1/s1. The molecule has 2 aliphatic carbocycles. The van der Waals surface area contributed by atoms with Gasteiger partial charge >= 0.3 is 0 Å². The maximum Gasteiger partial charge on any atom is 0.0603 e. The van der Waals surface area contributed by atoms with Gasteiger partial charge in [0.25, 0.3) is 0 Å². The van der Waals surface area contributed by atoms with E-state index in [4.69, 9.17) is 4.74 Å². The van der Waals surface area contributed by atoms with Crippen LogP contribution in [0, 0.1) is 29.1 Å². The Morgan fingerprint density at radius 2 is 1.45 bits per heavy atom. The molecular formula is C32H62O. The van der Waals surface area contributed by atoms with Gasteiger partial charge in [0.15, 0.2) is 0 Å². The molecule has 1 heteroatoms. The maximum absolute atomic E-state index is 6.79. The summed E-state index contributed by atoms with van der Waals surface area (Å²) in [5.41, 5.74) is 0.498. The third-order valence-electron chi connectivity index (χ3n) is 9.78. The average Bonchev–Trinajstić information content (AvgIpc) is 3.23. The minimum atomic E-state index is 0.493. The predicted molar refractivity (Wildman–Crippen MR) is 147 cm³/mol. The van der Waals surface area contributed by atoms with Crippen molar-refractivity contribution in [3.63, 3.8) is 0 Å². The van der Waals surface area contributed by atoms with E-state index in [1.54, 1.807) is 0 Å². The normalized spacial score (nSPS) is 26.6. The molecule has 0 aromatic carbocycles. The van der Waals surface area contributed by atoms with E-state index in [0.717, 1.165) is 24.4 Å². The van der Waals surface area contributed by atoms with Crippen LogP contribution in [0.1, 0.15) is 163 Å². The molecular weight excluding hydrogens is 400 g/mol. The highest BCUT2D eigenvalue weighted by Crippen LogP contribution is 2.48. The van der Waals surface area contributed by atoms with Crippen molar-refractivity contribution in [1.29, 1.82) is 0 Å². The zero-order chi connectivity index (χ0) is 23.9. The second-order valence-electron chi connectivity index (χ2n) is 12.6. The van der Waals surface area contributed by atoms with Crippen molar-refractivity contribution in [2.24, 2.45) is 29.1 Å². The second kappa shape index (κ2) is 16.6. The molecule has 2 saturated carbocycles. The number of rotatable bonds is 19. The molecule has 0 aliphatic heterocycles. The first-order valence-electron chi connectivity index (χ1n) is 15.6. The molecule has 0 spiro atoms. The molecule has 0 N–H and O–H groups in total. The van der Waals surface area contributed by atoms with Crippen LogP contribution in [0.15, 0.2) is 0 Å². The molecule has 1 nitrogen and oxygen atoms in total. The largest absolute Gasteiger partial charge is 0.378 e. The minimum absolute atomic E-state index is 0.493. The number of unbranched alkanes of at least 4 members (excludes halogenated alkanes) is 8. The summed E-state index contributed by atoms with van der Waals surface area (Å²) in [5.74, 6) is 3.73. The van der Waals surface area contributed by atoms with Crippen molar-refractivity contribution >= 4 is 0 Å². The van der Waals surface area contributed by atoms with Gasteiger partial charge in [-0.05, 0) is 74.0 Å². The molecule has 6 atom stereocenters. The van der Waals surface area contributed by atoms with E-state index in [1.807, 2.05) is 0 Å². The minimum Gasteiger partial charge on any atom is -0.378 e. The monoisotopic (exact) mass is 462 g/mol. The SMILES string of the molecule is CCCCCCCCOC(CC1CCC2CCCCC21)[C@H](C)C[C@](C)(CC)CCCCCC. The number of hydrogen-bond donors (Lipinski definition) is 0. The molecule has 2 rings (SSSR count). The van der Waals surface area contributed by atoms with Gasteiger partial charge in [0.2, 0.25) is 0 Å². The zero-order valence-corrected chi connectivity index (χ0v) is 23.6. The number of fused-ring (bicyclic) bond motifs is 1. The van der Waals surface area contributed by atoms with Gasteiger partial charge in [-0.25, -0.2) is 0 Å². The lowest BCUT2D eigenvalue weighted by molar-refractivity contribution is -0.0204. The first-order valence-corrected chi connectivity index (χ1v) is 15.6. The summed E-state index contributed by atoms with van der Waals surface area (Å²) < 4.78 is 6.79. The summed E-state index contributed by atoms with van der Waals surface area (Å²) in [6.07, 6.45) is 28.7. The fourth-order valence-electron chi connectivity index (χ4n) is 7.34. The van der Waals surface area contributed by atoms with Crippen LogP contribution < -0.4 is 0 Å². The van der Waals surface area contributed by atoms with E-state index in [1.165, 1.54) is 128 Å². The molecule has 4 unspecified atom stereocenters. The number of hydrogen-bond acceptors (Lipinski definition) is 1. The highest BCUT2D eigenvalue weighted by Gasteiger charge is 2.39. The molecule has 0 heterocycles. The van der Waals surface area contributed by atoms with Crippen molar-refractivity contribution < 1.29 is 4.74 Å². The van der Waals surface area contributed by atoms with E-state index < -0.39 is 0 Å². The van der Waals surface area contributed by atoms with Crippen LogP contribution in [-0.2, 0) is 4.74 Å². The summed E-state index contributed by atoms with van der Waals surface area (Å²) in [7, 11) is 0. The second-order valence-corrected chi connectivity index (χ2v) is 12.6. The van der Waals surface area contributed by atoms with Crippen LogP contribution in [0.4, 0.5) is 0 Å². The molecule has 0 amide bonds. The molecule has 0 bridgehead atoms. The molecule has 0 saturated heterocycles. The van der Waals surface area contributed by atoms with Crippen LogP contribution in [0.2, 0.25) is 0 Å². The van der Waals surface area contributed by atoms with E-state index in [0.29, 0.717) is 17.4 Å². The zero-order valence-electron chi connectivity index (χ0n) is 23.6. The van der Waals surface area contributed by atoms with Gasteiger partial charge < -0.3 is 4.74 Å². The van der Waals surface area contributed by atoms with Gasteiger partial charge in [-0.2, -0.15) is 0 Å². The Balaban J connectivity index is 1.90. The summed E-state index contributed by atoms with van der Waals surface area (Å²) in [5, 5.41) is 0. The topological polar surface area (TPSA) is 9.23 Å². The fourth-order valence-corrected chi connectivity index (χ4v) is 7.34. The molecule has 2 aliphatic rings. The van der Waals surface area contributed by atoms with E-state index in [9.17, 15) is 0 Å². The Hall–Kier alpha value is -0.0400. The van der Waals surface area contributed by atoms with Gasteiger partial charge in [-0.1, -0.05) is 118 Å². The summed E-state index contributed by atoms with van der Waals surface area (Å²) in [6, 6.07) is 0. The van der Waals surface area contributed by atoms with Crippen LogP contribution in [-0.4, -0.2) is 12.7 Å². The Labute approximate surface area is 209 Å². The molecule has 0 aromatic rings. The smallest absolute Gasteiger partial charge is 0.0603 e. The summed E-state index contributed by atoms with van der Waals surface area (Å²) in [6.45, 7) is 13.2. The van der Waals surface area contributed by atoms with Crippen molar-refractivity contribution in [3.05, 3.63) is 0 Å². The molecule has 2 fully saturated rings. The third-order valence-corrected chi connectivity index (χ3v) is 9.78. The number of ether oxygens (including phenoxy) is 1. The molecule has 33 heavy (non-hydrogen) atoms. The highest BCUT2D eigenvalue weighted by molar-refractivity contribution is 4.90. The average molecular weight is 463 g/mol. The summed E-state index contributed by atoms with van der Waals surface area (Å²) in [4.78, 5) is 0. The van der Waals surface area contributed by atoms with Gasteiger partial charge in [0, 0.05) is 6.61 Å². The Morgan fingerprint density at radius 3 is 2.18 bits per heavy atom. The molecule has 196 valence electrons. The molecule has 0 radical (unpaired) electrons. The lowest BCUT2D eigenvalue weighted by atomic mass is 9.72. The van der Waals surface area contributed by atoms with Gasteiger partial charge in [-0.3, -0.25) is 0 Å². The Bertz CT molecular complexity index is 473. The van der Waals surface area contributed by atoms with E-state index in [-0.39, 0.29) is 0 Å². The van der Waals surface area contributed by atoms with E-state index >= 15 is 0 Å². The first-order chi connectivity index (χ1) is 16.0. The van der Waals surface area contributed by atoms with E-state index in [2.05, 4.69) is 34.6 Å². The lowest BCUT2D eigenvalue weighted by Gasteiger charge is -2.37. The van der Waals surface area contributed by atoms with Crippen LogP contribution in [0.5, 0.6) is 0 Å². The van der Waals surface area contributed by atoms with Gasteiger partial charge in [0.05, 0.1) is 6.10 Å².